The molecule has 0 unspecified atom stereocenters. The van der Waals surface area contributed by atoms with Crippen LogP contribution < -0.4 is 0 Å². The summed E-state index contributed by atoms with van der Waals surface area (Å²) in [7, 11) is 0. The molecule has 0 atom stereocenters. The Morgan fingerprint density at radius 2 is 1.57 bits per heavy atom. The Morgan fingerprint density at radius 3 is 2.50 bits per heavy atom. The minimum atomic E-state index is 1.03. The monoisotopic (exact) mass is 187 g/mol. The summed E-state index contributed by atoms with van der Waals surface area (Å²) >= 11 is 0. The molecule has 0 nitrogen and oxygen atoms in total. The molecule has 0 aliphatic heterocycles. The number of hydrogen-bond donors (Lipinski definition) is 0. The van der Waals surface area contributed by atoms with Gasteiger partial charge in [0.1, 0.15) is 0 Å². The Kier molecular flexibility index (Phi) is 6.74. The van der Waals surface area contributed by atoms with Gasteiger partial charge in [0, 0.05) is 0 Å². The van der Waals surface area contributed by atoms with Gasteiger partial charge in [0.15, 0.2) is 0 Å². The molecule has 1 aliphatic rings. The second-order valence-corrected chi connectivity index (χ2v) is 3.46. The first-order chi connectivity index (χ1) is 7.00. The van der Waals surface area contributed by atoms with E-state index in [-0.39, 0.29) is 0 Å². The van der Waals surface area contributed by atoms with Gasteiger partial charge in [-0.25, -0.2) is 0 Å². The molecule has 0 saturated heterocycles. The van der Waals surface area contributed by atoms with Crippen LogP contribution in [0.3, 0.4) is 0 Å². The van der Waals surface area contributed by atoms with Gasteiger partial charge >= 0.3 is 0 Å². The lowest BCUT2D eigenvalue weighted by atomic mass is 10.1. The number of hydrogen-bond acceptors (Lipinski definition) is 0. The highest BCUT2D eigenvalue weighted by atomic mass is 13.9. The van der Waals surface area contributed by atoms with E-state index in [1.807, 2.05) is 6.08 Å². The van der Waals surface area contributed by atoms with E-state index in [0.29, 0.717) is 0 Å². The lowest BCUT2D eigenvalue weighted by Gasteiger charge is -1.92. The molecule has 0 saturated carbocycles. The van der Waals surface area contributed by atoms with Crippen LogP contribution in [0.2, 0.25) is 0 Å². The van der Waals surface area contributed by atoms with E-state index < -0.39 is 0 Å². The smallest absolute Gasteiger partial charge is 0.0166 e. The van der Waals surface area contributed by atoms with Crippen molar-refractivity contribution in [2.45, 2.75) is 38.5 Å². The zero-order valence-corrected chi connectivity index (χ0v) is 8.78. The third-order valence-electron chi connectivity index (χ3n) is 2.17. The fourth-order valence-corrected chi connectivity index (χ4v) is 1.35. The van der Waals surface area contributed by atoms with Crippen molar-refractivity contribution in [3.63, 3.8) is 0 Å². The van der Waals surface area contributed by atoms with E-state index in [1.165, 1.54) is 19.3 Å². The Hall–Kier alpha value is -1.04. The Labute approximate surface area is 87.7 Å². The number of rotatable bonds is 0. The van der Waals surface area contributed by atoms with Gasteiger partial charge in [-0.15, -0.1) is 0 Å². The molecular formula is C14H19. The zero-order valence-electron chi connectivity index (χ0n) is 8.78. The Morgan fingerprint density at radius 1 is 0.786 bits per heavy atom. The van der Waals surface area contributed by atoms with Crippen molar-refractivity contribution >= 4 is 0 Å². The number of allylic oxidation sites excluding steroid dienone is 8. The summed E-state index contributed by atoms with van der Waals surface area (Å²) in [5.41, 5.74) is 0. The molecule has 0 aromatic carbocycles. The molecule has 1 rings (SSSR count). The molecule has 1 aliphatic carbocycles. The van der Waals surface area contributed by atoms with Crippen molar-refractivity contribution in [2.24, 2.45) is 0 Å². The molecule has 0 fully saturated rings. The van der Waals surface area contributed by atoms with Gasteiger partial charge in [-0.2, -0.15) is 0 Å². The van der Waals surface area contributed by atoms with Gasteiger partial charge in [0.25, 0.3) is 0 Å². The first-order valence-electron chi connectivity index (χ1n) is 5.52. The highest BCUT2D eigenvalue weighted by Gasteiger charge is 1.83. The predicted octanol–water partition coefficient (Wildman–Crippen LogP) is 4.37. The average Bonchev–Trinajstić information content (AvgIpc) is 2.22. The lowest BCUT2D eigenvalue weighted by Crippen LogP contribution is -1.73. The highest BCUT2D eigenvalue weighted by Crippen LogP contribution is 2.02. The maximum atomic E-state index is 3.28. The standard InChI is InChI=1S/C14H19/c1-2-4-6-8-10-12-14-13-11-9-7-5-3-1/h1-3,6,8,12,14H,4,7,9-11,13H2/b2-1-,5-3?,8-6+,14-12+. The van der Waals surface area contributed by atoms with Gasteiger partial charge in [0.05, 0.1) is 0 Å². The average molecular weight is 187 g/mol. The van der Waals surface area contributed by atoms with Crippen LogP contribution in [-0.4, -0.2) is 0 Å². The summed E-state index contributed by atoms with van der Waals surface area (Å²) in [5.74, 6) is 0. The molecule has 0 amide bonds. The van der Waals surface area contributed by atoms with Crippen LogP contribution in [0.15, 0.2) is 42.5 Å². The fourth-order valence-electron chi connectivity index (χ4n) is 1.35. The Balaban J connectivity index is 2.35. The van der Waals surface area contributed by atoms with Gasteiger partial charge in [-0.05, 0) is 44.6 Å². The van der Waals surface area contributed by atoms with E-state index >= 15 is 0 Å². The molecule has 0 heterocycles. The van der Waals surface area contributed by atoms with Crippen molar-refractivity contribution in [1.82, 2.24) is 0 Å². The maximum Gasteiger partial charge on any atom is -0.0166 e. The molecule has 0 heteroatoms. The largest absolute Gasteiger partial charge is 0.0882 e. The Bertz CT molecular complexity index is 228. The van der Waals surface area contributed by atoms with Crippen molar-refractivity contribution < 1.29 is 0 Å². The third-order valence-corrected chi connectivity index (χ3v) is 2.17. The molecule has 0 spiro atoms. The van der Waals surface area contributed by atoms with Crippen molar-refractivity contribution in [3.8, 4) is 0 Å². The lowest BCUT2D eigenvalue weighted by molar-refractivity contribution is 0.753. The second kappa shape index (κ2) is 8.55. The van der Waals surface area contributed by atoms with E-state index in [4.69, 9.17) is 0 Å². The quantitative estimate of drug-likeness (QED) is 0.494. The van der Waals surface area contributed by atoms with Crippen LogP contribution >= 0.6 is 0 Å². The molecule has 0 N–H and O–H groups in total. The summed E-state index contributed by atoms with van der Waals surface area (Å²) in [6.07, 6.45) is 25.5. The fraction of sp³-hybridized carbons (Fsp3) is 0.429. The summed E-state index contributed by atoms with van der Waals surface area (Å²) in [4.78, 5) is 0. The summed E-state index contributed by atoms with van der Waals surface area (Å²) in [6.45, 7) is 0. The van der Waals surface area contributed by atoms with Crippen LogP contribution in [0.1, 0.15) is 38.5 Å². The van der Waals surface area contributed by atoms with E-state index in [0.717, 1.165) is 19.3 Å². The minimum Gasteiger partial charge on any atom is -0.0882 e. The van der Waals surface area contributed by atoms with Gasteiger partial charge in [-0.3, -0.25) is 0 Å². The van der Waals surface area contributed by atoms with Crippen LogP contribution in [0, 0.1) is 6.08 Å². The first kappa shape index (κ1) is 11.0. The minimum absolute atomic E-state index is 1.03. The molecule has 14 heavy (non-hydrogen) atoms. The van der Waals surface area contributed by atoms with Gasteiger partial charge < -0.3 is 0 Å². The van der Waals surface area contributed by atoms with E-state index in [2.05, 4.69) is 42.5 Å². The topological polar surface area (TPSA) is 0 Å². The van der Waals surface area contributed by atoms with Crippen LogP contribution in [-0.2, 0) is 0 Å². The normalized spacial score (nSPS) is 28.6. The first-order valence-corrected chi connectivity index (χ1v) is 5.52. The third kappa shape index (κ3) is 6.47. The SMILES string of the molecule is [C]1=C/C=C\C/C=C/C/C=C/CCCC/1. The molecule has 1 radical (unpaired) electrons. The highest BCUT2D eigenvalue weighted by molar-refractivity contribution is 5.03. The summed E-state index contributed by atoms with van der Waals surface area (Å²) in [6, 6.07) is 0. The van der Waals surface area contributed by atoms with E-state index in [1.54, 1.807) is 0 Å². The van der Waals surface area contributed by atoms with Crippen LogP contribution in [0.5, 0.6) is 0 Å². The summed E-state index contributed by atoms with van der Waals surface area (Å²) in [5, 5.41) is 0. The van der Waals surface area contributed by atoms with Gasteiger partial charge in [0.2, 0.25) is 0 Å². The van der Waals surface area contributed by atoms with Crippen molar-refractivity contribution in [3.05, 3.63) is 48.6 Å². The van der Waals surface area contributed by atoms with Crippen LogP contribution in [0.25, 0.3) is 0 Å². The molecule has 75 valence electrons. The van der Waals surface area contributed by atoms with E-state index in [9.17, 15) is 0 Å². The molecule has 0 aromatic rings. The molecule has 0 aromatic heterocycles. The van der Waals surface area contributed by atoms with Crippen molar-refractivity contribution in [2.75, 3.05) is 0 Å². The van der Waals surface area contributed by atoms with Crippen LogP contribution in [0.4, 0.5) is 0 Å². The summed E-state index contributed by atoms with van der Waals surface area (Å²) < 4.78 is 0. The molecular weight excluding hydrogens is 168 g/mol. The second-order valence-electron chi connectivity index (χ2n) is 3.46. The zero-order chi connectivity index (χ0) is 9.90. The predicted molar refractivity (Wildman–Crippen MR) is 62.9 cm³/mol. The van der Waals surface area contributed by atoms with Gasteiger partial charge in [-0.1, -0.05) is 42.5 Å². The van der Waals surface area contributed by atoms with Crippen molar-refractivity contribution in [1.29, 1.82) is 0 Å². The maximum absolute atomic E-state index is 3.28. The molecule has 0 bridgehead atoms.